The molecule has 80 valence electrons. The van der Waals surface area contributed by atoms with E-state index in [4.69, 9.17) is 5.73 Å². The molecule has 1 aliphatic rings. The topological polar surface area (TPSA) is 75.3 Å². The molecule has 0 saturated carbocycles. The second kappa shape index (κ2) is 4.00. The number of carbonyl (C=O) groups excluding carboxylic acids is 1. The monoisotopic (exact) mass is 206 g/mol. The Hall–Kier alpha value is -1.39. The lowest BCUT2D eigenvalue weighted by Gasteiger charge is -2.18. The first kappa shape index (κ1) is 10.1. The average Bonchev–Trinajstić information content (AvgIpc) is 2.27. The molecule has 0 aromatic heterocycles. The number of amides is 1. The number of aliphatic hydroxyl groups is 1. The summed E-state index contributed by atoms with van der Waals surface area (Å²) in [4.78, 5) is 11.1. The highest BCUT2D eigenvalue weighted by Gasteiger charge is 2.16. The van der Waals surface area contributed by atoms with Crippen molar-refractivity contribution in [2.24, 2.45) is 5.73 Å². The number of anilines is 1. The number of hydrogen-bond donors (Lipinski definition) is 3. The molecule has 1 unspecified atom stereocenters. The second-order valence-electron chi connectivity index (χ2n) is 3.72. The van der Waals surface area contributed by atoms with Gasteiger partial charge in [-0.15, -0.1) is 0 Å². The number of carbonyl (C=O) groups is 1. The Balaban J connectivity index is 2.30. The molecule has 1 amide bonds. The van der Waals surface area contributed by atoms with Crippen molar-refractivity contribution in [2.75, 3.05) is 11.9 Å². The molecule has 15 heavy (non-hydrogen) atoms. The van der Waals surface area contributed by atoms with Gasteiger partial charge in [0.05, 0.1) is 6.10 Å². The maximum Gasteiger partial charge on any atom is 0.224 e. The van der Waals surface area contributed by atoms with Crippen LogP contribution in [0.25, 0.3) is 0 Å². The average molecular weight is 206 g/mol. The van der Waals surface area contributed by atoms with Gasteiger partial charge in [0.25, 0.3) is 0 Å². The van der Waals surface area contributed by atoms with Crippen molar-refractivity contribution in [3.63, 3.8) is 0 Å². The normalized spacial score (nSPS) is 16.8. The van der Waals surface area contributed by atoms with Gasteiger partial charge in [-0.25, -0.2) is 0 Å². The first-order valence-electron chi connectivity index (χ1n) is 5.01. The SMILES string of the molecule is NCC(O)c1ccc2c(c1)CCC(=O)N2. The van der Waals surface area contributed by atoms with E-state index in [1.165, 1.54) is 0 Å². The van der Waals surface area contributed by atoms with Gasteiger partial charge in [-0.1, -0.05) is 12.1 Å². The number of nitrogens with one attached hydrogen (secondary N) is 1. The molecule has 2 rings (SSSR count). The van der Waals surface area contributed by atoms with Gasteiger partial charge >= 0.3 is 0 Å². The molecule has 0 saturated heterocycles. The predicted octanol–water partition coefficient (Wildman–Crippen LogP) is 0.563. The molecule has 4 nitrogen and oxygen atoms in total. The summed E-state index contributed by atoms with van der Waals surface area (Å²) in [6, 6.07) is 5.52. The predicted molar refractivity (Wildman–Crippen MR) is 57.4 cm³/mol. The molecule has 1 aromatic rings. The summed E-state index contributed by atoms with van der Waals surface area (Å²) in [5.41, 5.74) is 8.11. The van der Waals surface area contributed by atoms with Gasteiger partial charge < -0.3 is 16.2 Å². The van der Waals surface area contributed by atoms with E-state index in [2.05, 4.69) is 5.32 Å². The maximum absolute atomic E-state index is 11.1. The Bertz CT molecular complexity index is 390. The lowest BCUT2D eigenvalue weighted by Crippen LogP contribution is -2.19. The van der Waals surface area contributed by atoms with Gasteiger partial charge in [0.1, 0.15) is 0 Å². The van der Waals surface area contributed by atoms with Gasteiger partial charge in [-0.2, -0.15) is 0 Å². The molecule has 0 fully saturated rings. The second-order valence-corrected chi connectivity index (χ2v) is 3.72. The highest BCUT2D eigenvalue weighted by Crippen LogP contribution is 2.25. The van der Waals surface area contributed by atoms with Crippen LogP contribution in [0.15, 0.2) is 18.2 Å². The van der Waals surface area contributed by atoms with Crippen LogP contribution in [0.5, 0.6) is 0 Å². The molecule has 1 aliphatic heterocycles. The van der Waals surface area contributed by atoms with Crippen LogP contribution in [0, 0.1) is 0 Å². The Morgan fingerprint density at radius 1 is 1.47 bits per heavy atom. The van der Waals surface area contributed by atoms with Crippen molar-refractivity contribution in [1.82, 2.24) is 0 Å². The van der Waals surface area contributed by atoms with Crippen molar-refractivity contribution in [3.05, 3.63) is 29.3 Å². The quantitative estimate of drug-likeness (QED) is 0.662. The van der Waals surface area contributed by atoms with E-state index in [0.29, 0.717) is 6.42 Å². The largest absolute Gasteiger partial charge is 0.387 e. The molecule has 4 N–H and O–H groups in total. The van der Waals surface area contributed by atoms with Crippen molar-refractivity contribution in [2.45, 2.75) is 18.9 Å². The van der Waals surface area contributed by atoms with Crippen molar-refractivity contribution in [1.29, 1.82) is 0 Å². The van der Waals surface area contributed by atoms with Crippen LogP contribution < -0.4 is 11.1 Å². The van der Waals surface area contributed by atoms with Crippen molar-refractivity contribution < 1.29 is 9.90 Å². The molecular weight excluding hydrogens is 192 g/mol. The van der Waals surface area contributed by atoms with Crippen molar-refractivity contribution >= 4 is 11.6 Å². The van der Waals surface area contributed by atoms with Crippen LogP contribution in [0.1, 0.15) is 23.7 Å². The number of rotatable bonds is 2. The zero-order valence-corrected chi connectivity index (χ0v) is 8.36. The Kier molecular flexibility index (Phi) is 2.70. The molecule has 4 heteroatoms. The molecule has 0 spiro atoms. The minimum Gasteiger partial charge on any atom is -0.387 e. The zero-order valence-electron chi connectivity index (χ0n) is 8.36. The Morgan fingerprint density at radius 2 is 2.27 bits per heavy atom. The molecule has 1 atom stereocenters. The van der Waals surface area contributed by atoms with Gasteiger partial charge in [0, 0.05) is 18.7 Å². The third-order valence-electron chi connectivity index (χ3n) is 2.63. The van der Waals surface area contributed by atoms with Crippen LogP contribution in [-0.2, 0) is 11.2 Å². The van der Waals surface area contributed by atoms with Crippen LogP contribution in [0.4, 0.5) is 5.69 Å². The number of aryl methyl sites for hydroxylation is 1. The number of hydrogen-bond acceptors (Lipinski definition) is 3. The highest BCUT2D eigenvalue weighted by molar-refractivity contribution is 5.93. The van der Waals surface area contributed by atoms with Gasteiger partial charge in [0.15, 0.2) is 0 Å². The highest BCUT2D eigenvalue weighted by atomic mass is 16.3. The first-order valence-corrected chi connectivity index (χ1v) is 5.01. The molecule has 1 heterocycles. The van der Waals surface area contributed by atoms with Gasteiger partial charge in [-0.3, -0.25) is 4.79 Å². The van der Waals surface area contributed by atoms with E-state index in [9.17, 15) is 9.90 Å². The van der Waals surface area contributed by atoms with E-state index in [0.717, 1.165) is 23.2 Å². The lowest BCUT2D eigenvalue weighted by atomic mass is 9.98. The minimum atomic E-state index is -0.618. The fourth-order valence-electron chi connectivity index (χ4n) is 1.75. The maximum atomic E-state index is 11.1. The summed E-state index contributed by atoms with van der Waals surface area (Å²) in [5, 5.41) is 12.4. The third-order valence-corrected chi connectivity index (χ3v) is 2.63. The van der Waals surface area contributed by atoms with Crippen LogP contribution in [-0.4, -0.2) is 17.6 Å². The standard InChI is InChI=1S/C11H14N2O2/c12-6-10(14)8-1-3-9-7(5-8)2-4-11(15)13-9/h1,3,5,10,14H,2,4,6,12H2,(H,13,15). The number of benzene rings is 1. The Morgan fingerprint density at radius 3 is 3.00 bits per heavy atom. The summed E-state index contributed by atoms with van der Waals surface area (Å²) in [6.45, 7) is 0.213. The summed E-state index contributed by atoms with van der Waals surface area (Å²) in [7, 11) is 0. The number of aliphatic hydroxyl groups excluding tert-OH is 1. The molecule has 0 aliphatic carbocycles. The van der Waals surface area contributed by atoms with E-state index in [-0.39, 0.29) is 12.5 Å². The summed E-state index contributed by atoms with van der Waals surface area (Å²) in [5.74, 6) is 0.0506. The smallest absolute Gasteiger partial charge is 0.224 e. The summed E-state index contributed by atoms with van der Waals surface area (Å²) >= 11 is 0. The molecular formula is C11H14N2O2. The summed E-state index contributed by atoms with van der Waals surface area (Å²) in [6.07, 6.45) is 0.620. The first-order chi connectivity index (χ1) is 7.20. The molecule has 0 bridgehead atoms. The molecule has 1 aromatic carbocycles. The van der Waals surface area contributed by atoms with Gasteiger partial charge in [-0.05, 0) is 23.6 Å². The van der Waals surface area contributed by atoms with Crippen molar-refractivity contribution in [3.8, 4) is 0 Å². The van der Waals surface area contributed by atoms with Crippen LogP contribution in [0.3, 0.4) is 0 Å². The van der Waals surface area contributed by atoms with Crippen LogP contribution >= 0.6 is 0 Å². The molecule has 0 radical (unpaired) electrons. The lowest BCUT2D eigenvalue weighted by molar-refractivity contribution is -0.116. The minimum absolute atomic E-state index is 0.0506. The van der Waals surface area contributed by atoms with E-state index < -0.39 is 6.10 Å². The van der Waals surface area contributed by atoms with E-state index >= 15 is 0 Å². The Labute approximate surface area is 88.1 Å². The van der Waals surface area contributed by atoms with E-state index in [1.54, 1.807) is 6.07 Å². The fourth-order valence-corrected chi connectivity index (χ4v) is 1.75. The summed E-state index contributed by atoms with van der Waals surface area (Å²) < 4.78 is 0. The van der Waals surface area contributed by atoms with E-state index in [1.807, 2.05) is 12.1 Å². The number of fused-ring (bicyclic) bond motifs is 1. The third kappa shape index (κ3) is 2.00. The van der Waals surface area contributed by atoms with Gasteiger partial charge in [0.2, 0.25) is 5.91 Å². The number of nitrogens with two attached hydrogens (primary N) is 1. The van der Waals surface area contributed by atoms with Crippen LogP contribution in [0.2, 0.25) is 0 Å². The zero-order chi connectivity index (χ0) is 10.8. The fraction of sp³-hybridized carbons (Fsp3) is 0.364.